The molecule has 0 bridgehead atoms. The predicted octanol–water partition coefficient (Wildman–Crippen LogP) is 2.51. The lowest BCUT2D eigenvalue weighted by Gasteiger charge is -2.16. The molecule has 1 rings (SSSR count). The van der Waals surface area contributed by atoms with Crippen LogP contribution >= 0.6 is 15.9 Å². The van der Waals surface area contributed by atoms with Crippen LogP contribution in [-0.4, -0.2) is 16.9 Å². The number of nitrogens with zero attached hydrogens (tertiary/aromatic N) is 1. The molecular weight excluding hydrogens is 282 g/mol. The maximum atomic E-state index is 12.6. The van der Waals surface area contributed by atoms with E-state index in [2.05, 4.69) is 15.9 Å². The van der Waals surface area contributed by atoms with Crippen molar-refractivity contribution in [2.45, 2.75) is 18.9 Å². The molecule has 2 nitrogen and oxygen atoms in total. The summed E-state index contributed by atoms with van der Waals surface area (Å²) in [4.78, 5) is 11.2. The van der Waals surface area contributed by atoms with E-state index in [1.807, 2.05) is 0 Å². The van der Waals surface area contributed by atoms with Gasteiger partial charge in [0.2, 0.25) is 0 Å². The smallest absolute Gasteiger partial charge is 0.308 e. The number of pyridine rings is 1. The van der Waals surface area contributed by atoms with Crippen LogP contribution in [0.15, 0.2) is 27.6 Å². The molecule has 15 heavy (non-hydrogen) atoms. The highest BCUT2D eigenvalue weighted by molar-refractivity contribution is 9.10. The molecule has 1 aromatic rings. The quantitative estimate of drug-likeness (QED) is 0.783. The van der Waals surface area contributed by atoms with Crippen molar-refractivity contribution < 1.29 is 17.6 Å². The van der Waals surface area contributed by atoms with E-state index >= 15 is 0 Å². The fourth-order valence-corrected chi connectivity index (χ4v) is 1.31. The number of rotatable bonds is 3. The maximum absolute atomic E-state index is 12.6. The summed E-state index contributed by atoms with van der Waals surface area (Å²) in [6, 6.07) is 2.66. The topological polar surface area (TPSA) is 22.0 Å². The molecule has 84 valence electrons. The van der Waals surface area contributed by atoms with Gasteiger partial charge in [0.25, 0.3) is 5.56 Å². The van der Waals surface area contributed by atoms with E-state index < -0.39 is 24.5 Å². The standard InChI is InChI=1S/C8H6BrF4NO/c9-5-2-1-3-14(6(5)15)4-8(12,13)7(10)11/h1-3,7H,4H2. The molecule has 0 N–H and O–H groups in total. The van der Waals surface area contributed by atoms with Crippen molar-refractivity contribution in [2.24, 2.45) is 0 Å². The third kappa shape index (κ3) is 2.80. The Labute approximate surface area is 90.6 Å². The van der Waals surface area contributed by atoms with E-state index in [1.54, 1.807) is 0 Å². The maximum Gasteiger partial charge on any atom is 0.324 e. The molecule has 1 heterocycles. The molecule has 0 amide bonds. The van der Waals surface area contributed by atoms with E-state index in [9.17, 15) is 22.4 Å². The first-order chi connectivity index (χ1) is 6.84. The van der Waals surface area contributed by atoms with Crippen LogP contribution in [0.3, 0.4) is 0 Å². The molecule has 0 aromatic carbocycles. The molecule has 0 saturated carbocycles. The normalized spacial score (nSPS) is 12.1. The van der Waals surface area contributed by atoms with Crippen LogP contribution in [0.25, 0.3) is 0 Å². The summed E-state index contributed by atoms with van der Waals surface area (Å²) < 4.78 is 49.5. The molecule has 0 atom stereocenters. The summed E-state index contributed by atoms with van der Waals surface area (Å²) in [6.45, 7) is -1.33. The number of hydrogen-bond donors (Lipinski definition) is 0. The van der Waals surface area contributed by atoms with Gasteiger partial charge in [0.15, 0.2) is 0 Å². The van der Waals surface area contributed by atoms with Gasteiger partial charge < -0.3 is 4.57 Å². The summed E-state index contributed by atoms with van der Waals surface area (Å²) in [5.74, 6) is -4.20. The van der Waals surface area contributed by atoms with Gasteiger partial charge in [0, 0.05) is 6.20 Å². The van der Waals surface area contributed by atoms with Gasteiger partial charge in [-0.25, -0.2) is 8.78 Å². The first-order valence-corrected chi connectivity index (χ1v) is 4.65. The van der Waals surface area contributed by atoms with E-state index in [1.165, 1.54) is 12.1 Å². The predicted molar refractivity (Wildman–Crippen MR) is 49.4 cm³/mol. The van der Waals surface area contributed by atoms with Gasteiger partial charge in [-0.15, -0.1) is 0 Å². The van der Waals surface area contributed by atoms with Crippen molar-refractivity contribution in [1.82, 2.24) is 4.57 Å². The van der Waals surface area contributed by atoms with Crippen molar-refractivity contribution in [2.75, 3.05) is 0 Å². The fourth-order valence-electron chi connectivity index (χ4n) is 0.928. The lowest BCUT2D eigenvalue weighted by molar-refractivity contribution is -0.138. The summed E-state index contributed by atoms with van der Waals surface area (Å²) in [5.41, 5.74) is -0.766. The van der Waals surface area contributed by atoms with Gasteiger partial charge in [-0.2, -0.15) is 8.78 Å². The Morgan fingerprint density at radius 1 is 1.47 bits per heavy atom. The highest BCUT2D eigenvalue weighted by Gasteiger charge is 2.41. The SMILES string of the molecule is O=c1c(Br)cccn1CC(F)(F)C(F)F. The number of alkyl halides is 4. The van der Waals surface area contributed by atoms with Crippen LogP contribution < -0.4 is 5.56 Å². The summed E-state index contributed by atoms with van der Waals surface area (Å²) in [5, 5.41) is 0. The average molecular weight is 288 g/mol. The number of halogens is 5. The Kier molecular flexibility index (Phi) is 3.54. The van der Waals surface area contributed by atoms with Gasteiger partial charge in [-0.1, -0.05) is 0 Å². The van der Waals surface area contributed by atoms with E-state index in [-0.39, 0.29) is 4.47 Å². The van der Waals surface area contributed by atoms with E-state index in [0.717, 1.165) is 6.20 Å². The fraction of sp³-hybridized carbons (Fsp3) is 0.375. The van der Waals surface area contributed by atoms with Crippen molar-refractivity contribution in [3.8, 4) is 0 Å². The molecule has 0 aliphatic heterocycles. The minimum atomic E-state index is -4.20. The molecule has 0 aliphatic rings. The second-order valence-electron chi connectivity index (χ2n) is 2.85. The first-order valence-electron chi connectivity index (χ1n) is 3.85. The summed E-state index contributed by atoms with van der Waals surface area (Å²) >= 11 is 2.82. The van der Waals surface area contributed by atoms with Gasteiger partial charge in [0.05, 0.1) is 11.0 Å². The zero-order valence-electron chi connectivity index (χ0n) is 7.26. The second kappa shape index (κ2) is 4.34. The van der Waals surface area contributed by atoms with Crippen LogP contribution in [0.5, 0.6) is 0 Å². The molecule has 0 saturated heterocycles. The van der Waals surface area contributed by atoms with Gasteiger partial charge in [-0.05, 0) is 28.1 Å². The summed E-state index contributed by atoms with van der Waals surface area (Å²) in [7, 11) is 0. The van der Waals surface area contributed by atoms with Crippen LogP contribution in [0.2, 0.25) is 0 Å². The molecular formula is C8H6BrF4NO. The van der Waals surface area contributed by atoms with Crippen LogP contribution in [0.4, 0.5) is 17.6 Å². The van der Waals surface area contributed by atoms with E-state index in [0.29, 0.717) is 4.57 Å². The zero-order chi connectivity index (χ0) is 11.6. The van der Waals surface area contributed by atoms with Crippen molar-refractivity contribution in [3.63, 3.8) is 0 Å². The lowest BCUT2D eigenvalue weighted by atomic mass is 10.3. The molecule has 1 aromatic heterocycles. The van der Waals surface area contributed by atoms with Crippen molar-refractivity contribution >= 4 is 15.9 Å². The lowest BCUT2D eigenvalue weighted by Crippen LogP contribution is -2.36. The minimum Gasteiger partial charge on any atom is -0.308 e. The molecule has 0 aliphatic carbocycles. The minimum absolute atomic E-state index is 0.0510. The molecule has 0 fully saturated rings. The van der Waals surface area contributed by atoms with Crippen molar-refractivity contribution in [1.29, 1.82) is 0 Å². The number of aromatic nitrogens is 1. The zero-order valence-corrected chi connectivity index (χ0v) is 8.85. The molecule has 0 spiro atoms. The molecule has 7 heteroatoms. The van der Waals surface area contributed by atoms with Gasteiger partial charge >= 0.3 is 12.3 Å². The third-order valence-electron chi connectivity index (χ3n) is 1.67. The number of hydrogen-bond acceptors (Lipinski definition) is 1. The third-order valence-corrected chi connectivity index (χ3v) is 2.28. The first kappa shape index (κ1) is 12.2. The second-order valence-corrected chi connectivity index (χ2v) is 3.71. The monoisotopic (exact) mass is 287 g/mol. The van der Waals surface area contributed by atoms with E-state index in [4.69, 9.17) is 0 Å². The highest BCUT2D eigenvalue weighted by atomic mass is 79.9. The molecule has 0 unspecified atom stereocenters. The van der Waals surface area contributed by atoms with Gasteiger partial charge in [0.1, 0.15) is 0 Å². The van der Waals surface area contributed by atoms with Crippen LogP contribution in [0.1, 0.15) is 0 Å². The highest BCUT2D eigenvalue weighted by Crippen LogP contribution is 2.24. The Balaban J connectivity index is 3.00. The largest absolute Gasteiger partial charge is 0.324 e. The Morgan fingerprint density at radius 3 is 2.60 bits per heavy atom. The average Bonchev–Trinajstić information content (AvgIpc) is 2.12. The Bertz CT molecular complexity index is 404. The molecule has 0 radical (unpaired) electrons. The Morgan fingerprint density at radius 2 is 2.07 bits per heavy atom. The Hall–Kier alpha value is -0.850. The van der Waals surface area contributed by atoms with Crippen LogP contribution in [-0.2, 0) is 6.54 Å². The summed E-state index contributed by atoms with van der Waals surface area (Å²) in [6.07, 6.45) is -2.76. The van der Waals surface area contributed by atoms with Crippen molar-refractivity contribution in [3.05, 3.63) is 33.2 Å². The van der Waals surface area contributed by atoms with Crippen LogP contribution in [0, 0.1) is 0 Å². The van der Waals surface area contributed by atoms with Gasteiger partial charge in [-0.3, -0.25) is 4.79 Å².